The lowest BCUT2D eigenvalue weighted by Crippen LogP contribution is -2.16. The number of hydrogen-bond acceptors (Lipinski definition) is 1. The number of anilines is 3. The predicted molar refractivity (Wildman–Crippen MR) is 287 cm³/mol. The largest absolute Gasteiger partial charge is 0.310 e. The molecule has 10 aromatic carbocycles. The summed E-state index contributed by atoms with van der Waals surface area (Å²) in [6.07, 6.45) is 4.55. The number of rotatable bonds is 7. The molecule has 0 saturated carbocycles. The lowest BCUT2D eigenvalue weighted by Gasteiger charge is -2.28. The smallest absolute Gasteiger partial charge is 0.0465 e. The maximum Gasteiger partial charge on any atom is 0.0465 e. The lowest BCUT2D eigenvalue weighted by molar-refractivity contribution is 0.659. The molecule has 0 bridgehead atoms. The van der Waals surface area contributed by atoms with Crippen molar-refractivity contribution in [2.75, 3.05) is 4.90 Å². The van der Waals surface area contributed by atoms with Crippen LogP contribution in [0.25, 0.3) is 82.4 Å². The zero-order valence-corrected chi connectivity index (χ0v) is 38.8. The van der Waals surface area contributed by atoms with Crippen molar-refractivity contribution in [3.8, 4) is 44.5 Å². The molecule has 66 heavy (non-hydrogen) atoms. The maximum atomic E-state index is 2.41. The van der Waals surface area contributed by atoms with Crippen LogP contribution in [0.4, 0.5) is 17.1 Å². The summed E-state index contributed by atoms with van der Waals surface area (Å²) in [4.78, 5) is 2.41. The average Bonchev–Trinajstić information content (AvgIpc) is 3.61. The van der Waals surface area contributed by atoms with Gasteiger partial charge in [-0.1, -0.05) is 204 Å². The predicted octanol–water partition coefficient (Wildman–Crippen LogP) is 19.0. The van der Waals surface area contributed by atoms with Gasteiger partial charge in [0.25, 0.3) is 0 Å². The van der Waals surface area contributed by atoms with Crippen LogP contribution in [-0.4, -0.2) is 0 Å². The van der Waals surface area contributed by atoms with Crippen LogP contribution in [0.3, 0.4) is 0 Å². The van der Waals surface area contributed by atoms with E-state index < -0.39 is 0 Å². The fourth-order valence-electron chi connectivity index (χ4n) is 10.4. The van der Waals surface area contributed by atoms with Gasteiger partial charge in [-0.05, 0) is 161 Å². The van der Waals surface area contributed by atoms with E-state index in [0.717, 1.165) is 17.1 Å². The molecular weight excluding hydrogens is 795 g/mol. The summed E-state index contributed by atoms with van der Waals surface area (Å²) in [6.45, 7) is 13.0. The fraction of sp³-hybridized carbons (Fsp3) is 0.108. The van der Waals surface area contributed by atoms with Crippen LogP contribution >= 0.6 is 0 Å². The molecular formula is C65H55N. The monoisotopic (exact) mass is 849 g/mol. The highest BCUT2D eigenvalue weighted by Gasteiger charge is 2.38. The molecule has 0 radical (unpaired) electrons. The van der Waals surface area contributed by atoms with Crippen LogP contribution in [0.5, 0.6) is 0 Å². The lowest BCUT2D eigenvalue weighted by atomic mass is 9.82. The Bertz CT molecular complexity index is 3410. The SMILES string of the molecule is C/C=C1\C(=C/C)c2ccc(N(c3ccc(-c4ccccc4)cc3)c3ccc(-c4ccc5c6ccc(-c7ccc(-c8ccccc8)cc7)cc6c6ccccc6c5c4)cc3)cc2C1(C)C.CC. The maximum absolute atomic E-state index is 2.41. The zero-order chi connectivity index (χ0) is 45.4. The Kier molecular flexibility index (Phi) is 11.3. The van der Waals surface area contributed by atoms with Gasteiger partial charge >= 0.3 is 0 Å². The van der Waals surface area contributed by atoms with E-state index >= 15 is 0 Å². The van der Waals surface area contributed by atoms with Gasteiger partial charge in [-0.2, -0.15) is 0 Å². The Morgan fingerprint density at radius 2 is 0.697 bits per heavy atom. The molecule has 0 saturated heterocycles. The number of nitrogens with zero attached hydrogens (tertiary/aromatic N) is 1. The van der Waals surface area contributed by atoms with Crippen molar-refractivity contribution in [1.82, 2.24) is 0 Å². The van der Waals surface area contributed by atoms with Gasteiger partial charge in [0, 0.05) is 22.5 Å². The minimum atomic E-state index is -0.0996. The van der Waals surface area contributed by atoms with Crippen LogP contribution in [0, 0.1) is 0 Å². The standard InChI is InChI=1S/C63H49N.C2H6/c1-5-53-58-38-35-52(41-62(58)63(3,4)61(53)6-2)64(50-31-25-45(26-32-50)43-17-11-8-12-18-43)51-33-27-47(28-34-51)49-30-37-57-56-36-29-48(39-59(56)54-19-13-14-20-55(54)60(57)40-49)46-23-21-44(22-24-46)42-15-9-7-10-16-42;1-2/h5-41H,1-4H3;1-2H3/b53-5-,61-6+;. The summed E-state index contributed by atoms with van der Waals surface area (Å²) < 4.78 is 0. The van der Waals surface area contributed by atoms with Crippen LogP contribution in [-0.2, 0) is 5.41 Å². The van der Waals surface area contributed by atoms with Gasteiger partial charge < -0.3 is 4.90 Å². The molecule has 320 valence electrons. The van der Waals surface area contributed by atoms with Crippen LogP contribution in [0.2, 0.25) is 0 Å². The molecule has 1 nitrogen and oxygen atoms in total. The molecule has 1 aliphatic rings. The molecule has 0 aliphatic heterocycles. The van der Waals surface area contributed by atoms with E-state index in [1.807, 2.05) is 13.8 Å². The van der Waals surface area contributed by atoms with Crippen molar-refractivity contribution in [3.05, 3.63) is 241 Å². The van der Waals surface area contributed by atoms with E-state index in [1.54, 1.807) is 0 Å². The first-order valence-electron chi connectivity index (χ1n) is 23.5. The van der Waals surface area contributed by atoms with E-state index in [9.17, 15) is 0 Å². The number of fused-ring (bicyclic) bond motifs is 7. The molecule has 0 fully saturated rings. The minimum absolute atomic E-state index is 0.0996. The second-order valence-corrected chi connectivity index (χ2v) is 17.6. The first-order chi connectivity index (χ1) is 32.4. The minimum Gasteiger partial charge on any atom is -0.310 e. The third kappa shape index (κ3) is 7.41. The van der Waals surface area contributed by atoms with Crippen LogP contribution in [0.1, 0.15) is 52.7 Å². The highest BCUT2D eigenvalue weighted by atomic mass is 15.1. The van der Waals surface area contributed by atoms with E-state index in [2.05, 4.69) is 257 Å². The third-order valence-electron chi connectivity index (χ3n) is 13.6. The van der Waals surface area contributed by atoms with Crippen molar-refractivity contribution in [2.24, 2.45) is 0 Å². The van der Waals surface area contributed by atoms with Crippen LogP contribution in [0.15, 0.2) is 230 Å². The number of hydrogen-bond donors (Lipinski definition) is 0. The summed E-state index contributed by atoms with van der Waals surface area (Å²) in [5.74, 6) is 0. The van der Waals surface area contributed by atoms with Gasteiger partial charge in [-0.25, -0.2) is 0 Å². The number of allylic oxidation sites excluding steroid dienone is 4. The van der Waals surface area contributed by atoms with Crippen molar-refractivity contribution in [1.29, 1.82) is 0 Å². The van der Waals surface area contributed by atoms with Crippen molar-refractivity contribution in [2.45, 2.75) is 47.0 Å². The molecule has 0 aromatic heterocycles. The quantitative estimate of drug-likeness (QED) is 0.144. The third-order valence-corrected chi connectivity index (χ3v) is 13.6. The van der Waals surface area contributed by atoms with Gasteiger partial charge in [0.05, 0.1) is 0 Å². The first kappa shape index (κ1) is 42.2. The van der Waals surface area contributed by atoms with Gasteiger partial charge in [-0.3, -0.25) is 0 Å². The Balaban J connectivity index is 0.00000252. The molecule has 1 heteroatoms. The molecule has 1 aliphatic carbocycles. The highest BCUT2D eigenvalue weighted by Crippen LogP contribution is 2.51. The Labute approximate surface area is 390 Å². The average molecular weight is 850 g/mol. The van der Waals surface area contributed by atoms with E-state index in [0.29, 0.717) is 0 Å². The topological polar surface area (TPSA) is 3.24 Å². The molecule has 10 aromatic rings. The van der Waals surface area contributed by atoms with Gasteiger partial charge in [0.1, 0.15) is 0 Å². The van der Waals surface area contributed by atoms with Crippen LogP contribution < -0.4 is 4.90 Å². The molecule has 0 heterocycles. The van der Waals surface area contributed by atoms with Crippen molar-refractivity contribution < 1.29 is 0 Å². The Morgan fingerprint density at radius 1 is 0.333 bits per heavy atom. The summed E-state index contributed by atoms with van der Waals surface area (Å²) in [7, 11) is 0. The van der Waals surface area contributed by atoms with Gasteiger partial charge in [-0.15, -0.1) is 0 Å². The summed E-state index contributed by atoms with van der Waals surface area (Å²) in [6, 6.07) is 78.2. The summed E-state index contributed by atoms with van der Waals surface area (Å²) in [5, 5.41) is 7.63. The second-order valence-electron chi connectivity index (χ2n) is 17.6. The second kappa shape index (κ2) is 17.7. The molecule has 0 spiro atoms. The van der Waals surface area contributed by atoms with E-state index in [4.69, 9.17) is 0 Å². The fourth-order valence-corrected chi connectivity index (χ4v) is 10.4. The number of benzene rings is 10. The first-order valence-corrected chi connectivity index (χ1v) is 23.5. The molecule has 0 N–H and O–H groups in total. The zero-order valence-electron chi connectivity index (χ0n) is 38.8. The summed E-state index contributed by atoms with van der Waals surface area (Å²) >= 11 is 0. The summed E-state index contributed by atoms with van der Waals surface area (Å²) in [5.41, 5.74) is 18.4. The normalized spacial score (nSPS) is 14.1. The van der Waals surface area contributed by atoms with Gasteiger partial charge in [0.2, 0.25) is 0 Å². The van der Waals surface area contributed by atoms with Crippen molar-refractivity contribution in [3.63, 3.8) is 0 Å². The van der Waals surface area contributed by atoms with Crippen molar-refractivity contribution >= 4 is 55.0 Å². The van der Waals surface area contributed by atoms with Gasteiger partial charge in [0.15, 0.2) is 0 Å². The Morgan fingerprint density at radius 3 is 1.14 bits per heavy atom. The van der Waals surface area contributed by atoms with E-state index in [1.165, 1.54) is 99.1 Å². The Hall–Kier alpha value is -7.74. The molecule has 0 atom stereocenters. The molecule has 0 unspecified atom stereocenters. The molecule has 11 rings (SSSR count). The van der Waals surface area contributed by atoms with E-state index in [-0.39, 0.29) is 5.41 Å². The highest BCUT2D eigenvalue weighted by molar-refractivity contribution is 6.26. The molecule has 0 amide bonds.